The van der Waals surface area contributed by atoms with Gasteiger partial charge in [0.15, 0.2) is 11.5 Å². The molecule has 0 aliphatic heterocycles. The molecule has 0 bridgehead atoms. The molecule has 2 aromatic rings. The van der Waals surface area contributed by atoms with Crippen LogP contribution in [0, 0.1) is 6.92 Å². The Hall–Kier alpha value is -3.88. The molecule has 0 aliphatic rings. The molecule has 3 amide bonds. The van der Waals surface area contributed by atoms with E-state index in [-0.39, 0.29) is 12.3 Å². The summed E-state index contributed by atoms with van der Waals surface area (Å²) in [4.78, 5) is 35.9. The van der Waals surface area contributed by atoms with Crippen LogP contribution in [0.4, 0.5) is 5.69 Å². The number of benzene rings is 2. The summed E-state index contributed by atoms with van der Waals surface area (Å²) in [5.41, 5.74) is 5.05. The van der Waals surface area contributed by atoms with Gasteiger partial charge in [-0.2, -0.15) is 5.10 Å². The monoisotopic (exact) mass is 440 g/mol. The third-order valence-electron chi connectivity index (χ3n) is 4.46. The van der Waals surface area contributed by atoms with Gasteiger partial charge in [-0.15, -0.1) is 0 Å². The van der Waals surface area contributed by atoms with Crippen molar-refractivity contribution in [1.82, 2.24) is 10.7 Å². The maximum atomic E-state index is 12.1. The quantitative estimate of drug-likeness (QED) is 0.314. The summed E-state index contributed by atoms with van der Waals surface area (Å²) in [5, 5.41) is 9.08. The van der Waals surface area contributed by atoms with Crippen molar-refractivity contribution in [3.8, 4) is 11.5 Å². The zero-order valence-corrected chi connectivity index (χ0v) is 18.7. The van der Waals surface area contributed by atoms with Crippen molar-refractivity contribution >= 4 is 29.1 Å². The van der Waals surface area contributed by atoms with Crippen molar-refractivity contribution in [2.45, 2.75) is 26.7 Å². The second-order valence-corrected chi connectivity index (χ2v) is 7.07. The second kappa shape index (κ2) is 12.1. The van der Waals surface area contributed by atoms with E-state index < -0.39 is 11.8 Å². The molecule has 2 rings (SSSR count). The molecule has 0 heterocycles. The minimum absolute atomic E-state index is 0.00814. The lowest BCUT2D eigenvalue weighted by Gasteiger charge is -2.10. The number of hydrogen-bond donors (Lipinski definition) is 3. The Morgan fingerprint density at radius 1 is 0.938 bits per heavy atom. The van der Waals surface area contributed by atoms with Gasteiger partial charge in [-0.05, 0) is 50.1 Å². The lowest BCUT2D eigenvalue weighted by atomic mass is 10.1. The molecule has 9 heteroatoms. The van der Waals surface area contributed by atoms with Crippen LogP contribution in [0.25, 0.3) is 0 Å². The molecule has 170 valence electrons. The number of carbonyl (C=O) groups excluding carboxylic acids is 3. The Balaban J connectivity index is 1.74. The van der Waals surface area contributed by atoms with E-state index in [1.54, 1.807) is 33.3 Å². The highest BCUT2D eigenvalue weighted by molar-refractivity contribution is 6.39. The van der Waals surface area contributed by atoms with E-state index >= 15 is 0 Å². The number of rotatable bonds is 9. The molecule has 0 aromatic heterocycles. The number of aryl methyl sites for hydroxylation is 1. The molecule has 3 N–H and O–H groups in total. The van der Waals surface area contributed by atoms with Crippen LogP contribution in [-0.2, 0) is 20.8 Å². The van der Waals surface area contributed by atoms with Crippen LogP contribution < -0.4 is 25.5 Å². The van der Waals surface area contributed by atoms with Gasteiger partial charge in [0.25, 0.3) is 0 Å². The minimum Gasteiger partial charge on any atom is -0.493 e. The summed E-state index contributed by atoms with van der Waals surface area (Å²) in [6, 6.07) is 12.6. The van der Waals surface area contributed by atoms with Crippen LogP contribution in [0.5, 0.6) is 11.5 Å². The number of nitrogens with one attached hydrogen (secondary N) is 3. The molecule has 32 heavy (non-hydrogen) atoms. The highest BCUT2D eigenvalue weighted by Crippen LogP contribution is 2.27. The van der Waals surface area contributed by atoms with Crippen LogP contribution in [-0.4, -0.2) is 44.2 Å². The van der Waals surface area contributed by atoms with Crippen LogP contribution in [0.3, 0.4) is 0 Å². The predicted molar refractivity (Wildman–Crippen MR) is 122 cm³/mol. The van der Waals surface area contributed by atoms with Gasteiger partial charge >= 0.3 is 11.8 Å². The van der Waals surface area contributed by atoms with Crippen molar-refractivity contribution in [3.05, 3.63) is 53.6 Å². The molecule has 0 unspecified atom stereocenters. The summed E-state index contributed by atoms with van der Waals surface area (Å²) < 4.78 is 10.5. The van der Waals surface area contributed by atoms with E-state index in [9.17, 15) is 14.4 Å². The van der Waals surface area contributed by atoms with Crippen molar-refractivity contribution < 1.29 is 23.9 Å². The molecule has 0 saturated carbocycles. The largest absolute Gasteiger partial charge is 0.493 e. The fraction of sp³-hybridized carbons (Fsp3) is 0.304. The molecule has 2 aromatic carbocycles. The maximum Gasteiger partial charge on any atom is 0.329 e. The number of nitrogens with zero attached hydrogens (tertiary/aromatic N) is 1. The van der Waals surface area contributed by atoms with Crippen molar-refractivity contribution in [2.24, 2.45) is 5.10 Å². The smallest absolute Gasteiger partial charge is 0.329 e. The number of anilines is 1. The molecule has 0 saturated heterocycles. The van der Waals surface area contributed by atoms with E-state index in [0.29, 0.717) is 35.9 Å². The van der Waals surface area contributed by atoms with Gasteiger partial charge in [-0.25, -0.2) is 5.43 Å². The first-order valence-corrected chi connectivity index (χ1v) is 10.0. The summed E-state index contributed by atoms with van der Waals surface area (Å²) in [7, 11) is 3.14. The fourth-order valence-electron chi connectivity index (χ4n) is 2.74. The first kappa shape index (κ1) is 24.4. The maximum absolute atomic E-state index is 12.1. The van der Waals surface area contributed by atoms with Crippen LogP contribution in [0.2, 0.25) is 0 Å². The van der Waals surface area contributed by atoms with Crippen LogP contribution >= 0.6 is 0 Å². The third kappa shape index (κ3) is 7.75. The van der Waals surface area contributed by atoms with E-state index in [1.165, 1.54) is 0 Å². The summed E-state index contributed by atoms with van der Waals surface area (Å²) in [6.45, 7) is 3.93. The highest BCUT2D eigenvalue weighted by Gasteiger charge is 2.13. The predicted octanol–water partition coefficient (Wildman–Crippen LogP) is 2.19. The molecule has 0 aliphatic carbocycles. The van der Waals surface area contributed by atoms with E-state index in [1.807, 2.05) is 37.3 Å². The van der Waals surface area contributed by atoms with Gasteiger partial charge in [0.2, 0.25) is 5.91 Å². The lowest BCUT2D eigenvalue weighted by molar-refractivity contribution is -0.136. The fourth-order valence-corrected chi connectivity index (χ4v) is 2.74. The zero-order chi connectivity index (χ0) is 23.5. The van der Waals surface area contributed by atoms with E-state index in [4.69, 9.17) is 9.47 Å². The zero-order valence-electron chi connectivity index (χ0n) is 18.7. The molecule has 0 radical (unpaired) electrons. The molecule has 9 nitrogen and oxygen atoms in total. The van der Waals surface area contributed by atoms with Crippen LogP contribution in [0.15, 0.2) is 47.6 Å². The Kier molecular flexibility index (Phi) is 9.22. The molecule has 0 fully saturated rings. The third-order valence-corrected chi connectivity index (χ3v) is 4.46. The molecule has 0 atom stereocenters. The number of amides is 3. The van der Waals surface area contributed by atoms with E-state index in [0.717, 1.165) is 11.1 Å². The van der Waals surface area contributed by atoms with Gasteiger partial charge in [-0.1, -0.05) is 23.8 Å². The number of hydrogen-bond acceptors (Lipinski definition) is 6. The summed E-state index contributed by atoms with van der Waals surface area (Å²) in [5.74, 6) is -0.739. The Labute approximate surface area is 187 Å². The number of carbonyl (C=O) groups is 3. The molecular weight excluding hydrogens is 412 g/mol. The summed E-state index contributed by atoms with van der Waals surface area (Å²) in [6.07, 6.45) is 0.601. The van der Waals surface area contributed by atoms with Gasteiger partial charge in [0, 0.05) is 17.9 Å². The first-order chi connectivity index (χ1) is 15.3. The van der Waals surface area contributed by atoms with Crippen molar-refractivity contribution in [1.29, 1.82) is 0 Å². The normalized spacial score (nSPS) is 10.8. The van der Waals surface area contributed by atoms with Crippen LogP contribution in [0.1, 0.15) is 24.5 Å². The standard InChI is InChI=1S/C23H28N4O5/c1-15-5-8-18(9-6-15)25-22(29)23(30)27-26-16(2)13-21(28)24-12-11-17-7-10-19(31-3)20(14-17)32-4/h5-10,14H,11-13H2,1-4H3,(H,24,28)(H,25,29)(H,27,30). The first-order valence-electron chi connectivity index (χ1n) is 10.0. The number of methoxy groups -OCH3 is 2. The molecule has 0 spiro atoms. The topological polar surface area (TPSA) is 118 Å². The van der Waals surface area contributed by atoms with Gasteiger partial charge in [0.1, 0.15) is 0 Å². The Morgan fingerprint density at radius 3 is 2.28 bits per heavy atom. The highest BCUT2D eigenvalue weighted by atomic mass is 16.5. The van der Waals surface area contributed by atoms with Crippen molar-refractivity contribution in [2.75, 3.05) is 26.1 Å². The average Bonchev–Trinajstić information content (AvgIpc) is 2.78. The number of ether oxygens (including phenoxy) is 2. The van der Waals surface area contributed by atoms with Crippen molar-refractivity contribution in [3.63, 3.8) is 0 Å². The molecular formula is C23H28N4O5. The SMILES string of the molecule is COc1ccc(CCNC(=O)CC(C)=NNC(=O)C(=O)Nc2ccc(C)cc2)cc1OC. The minimum atomic E-state index is -0.918. The average molecular weight is 441 g/mol. The Bertz CT molecular complexity index is 986. The van der Waals surface area contributed by atoms with E-state index in [2.05, 4.69) is 21.2 Å². The second-order valence-electron chi connectivity index (χ2n) is 7.07. The Morgan fingerprint density at radius 2 is 1.62 bits per heavy atom. The van der Waals surface area contributed by atoms with Gasteiger partial charge < -0.3 is 20.1 Å². The number of hydrazone groups is 1. The lowest BCUT2D eigenvalue weighted by Crippen LogP contribution is -2.33. The van der Waals surface area contributed by atoms with Gasteiger partial charge in [0.05, 0.1) is 20.6 Å². The van der Waals surface area contributed by atoms with Gasteiger partial charge in [-0.3, -0.25) is 14.4 Å². The summed E-state index contributed by atoms with van der Waals surface area (Å²) >= 11 is 0.